The van der Waals surface area contributed by atoms with Crippen molar-refractivity contribution < 1.29 is 14.1 Å². The lowest BCUT2D eigenvalue weighted by atomic mass is 10.0. The molecule has 110 valence electrons. The van der Waals surface area contributed by atoms with E-state index in [0.717, 1.165) is 9.78 Å². The summed E-state index contributed by atoms with van der Waals surface area (Å²) in [5.41, 5.74) is -1.03. The summed E-state index contributed by atoms with van der Waals surface area (Å²) in [5.74, 6) is 0.495. The second kappa shape index (κ2) is 4.96. The highest BCUT2D eigenvalue weighted by atomic mass is 32.1. The molecule has 0 radical (unpaired) electrons. The number of carbonyl (C=O) groups excluding carboxylic acids is 2. The Bertz CT molecular complexity index is 681. The van der Waals surface area contributed by atoms with Crippen LogP contribution < -0.4 is 5.32 Å². The average Bonchev–Trinajstić information content (AvgIpc) is 3.17. The number of aryl methyl sites for hydroxylation is 1. The van der Waals surface area contributed by atoms with E-state index in [4.69, 9.17) is 4.52 Å². The van der Waals surface area contributed by atoms with E-state index in [-0.39, 0.29) is 18.3 Å². The number of urea groups is 1. The summed E-state index contributed by atoms with van der Waals surface area (Å²) in [6, 6.07) is 3.22. The van der Waals surface area contributed by atoms with Gasteiger partial charge in [-0.1, -0.05) is 18.1 Å². The molecule has 0 aliphatic carbocycles. The summed E-state index contributed by atoms with van der Waals surface area (Å²) < 4.78 is 5.04. The Hall–Kier alpha value is -2.22. The van der Waals surface area contributed by atoms with Crippen molar-refractivity contribution in [3.8, 4) is 0 Å². The van der Waals surface area contributed by atoms with Crippen molar-refractivity contribution in [2.24, 2.45) is 0 Å². The van der Waals surface area contributed by atoms with Gasteiger partial charge in [0.1, 0.15) is 6.54 Å². The molecule has 2 aromatic rings. The summed E-state index contributed by atoms with van der Waals surface area (Å²) in [6.07, 6.45) is 0.635. The van der Waals surface area contributed by atoms with Gasteiger partial charge < -0.3 is 9.84 Å². The minimum absolute atomic E-state index is 0.0152. The van der Waals surface area contributed by atoms with E-state index in [1.54, 1.807) is 6.92 Å². The third kappa shape index (κ3) is 2.21. The van der Waals surface area contributed by atoms with Crippen molar-refractivity contribution in [2.45, 2.75) is 32.4 Å². The molecule has 8 heteroatoms. The molecule has 0 aromatic carbocycles. The summed E-state index contributed by atoms with van der Waals surface area (Å²) in [6.45, 7) is 3.58. The van der Waals surface area contributed by atoms with Crippen LogP contribution in [0.2, 0.25) is 0 Å². The lowest BCUT2D eigenvalue weighted by Crippen LogP contribution is -2.40. The van der Waals surface area contributed by atoms with Crippen LogP contribution in [0.25, 0.3) is 0 Å². The summed E-state index contributed by atoms with van der Waals surface area (Å²) in [5, 5.41) is 8.36. The van der Waals surface area contributed by atoms with Crippen LogP contribution in [-0.2, 0) is 23.3 Å². The second-order valence-electron chi connectivity index (χ2n) is 4.88. The van der Waals surface area contributed by atoms with Crippen molar-refractivity contribution in [2.75, 3.05) is 0 Å². The lowest BCUT2D eigenvalue weighted by Gasteiger charge is -2.19. The zero-order valence-corrected chi connectivity index (χ0v) is 12.4. The number of nitrogens with zero attached hydrogens (tertiary/aromatic N) is 3. The number of carbonyl (C=O) groups is 2. The van der Waals surface area contributed by atoms with Gasteiger partial charge in [0.2, 0.25) is 5.89 Å². The van der Waals surface area contributed by atoms with Gasteiger partial charge in [0.25, 0.3) is 5.91 Å². The van der Waals surface area contributed by atoms with Crippen LogP contribution in [0.3, 0.4) is 0 Å². The maximum absolute atomic E-state index is 12.6. The summed E-state index contributed by atoms with van der Waals surface area (Å²) in [4.78, 5) is 30.7. The van der Waals surface area contributed by atoms with Crippen molar-refractivity contribution >= 4 is 23.3 Å². The lowest BCUT2D eigenvalue weighted by molar-refractivity contribution is -0.131. The molecular weight excluding hydrogens is 292 g/mol. The number of amides is 3. The Kier molecular flexibility index (Phi) is 3.25. The third-order valence-electron chi connectivity index (χ3n) is 3.41. The van der Waals surface area contributed by atoms with Gasteiger partial charge in [-0.25, -0.2) is 4.79 Å². The van der Waals surface area contributed by atoms with Crippen LogP contribution in [0.1, 0.15) is 30.4 Å². The molecule has 1 aliphatic rings. The van der Waals surface area contributed by atoms with Gasteiger partial charge in [-0.3, -0.25) is 9.69 Å². The molecule has 1 saturated heterocycles. The number of hydrogen-bond acceptors (Lipinski definition) is 6. The van der Waals surface area contributed by atoms with Crippen LogP contribution in [-0.4, -0.2) is 27.0 Å². The number of aromatic nitrogens is 2. The van der Waals surface area contributed by atoms with E-state index in [1.165, 1.54) is 11.3 Å². The average molecular weight is 306 g/mol. The predicted molar refractivity (Wildman–Crippen MR) is 74.4 cm³/mol. The molecule has 0 saturated carbocycles. The highest BCUT2D eigenvalue weighted by Gasteiger charge is 2.50. The number of imide groups is 1. The van der Waals surface area contributed by atoms with Gasteiger partial charge >= 0.3 is 6.03 Å². The van der Waals surface area contributed by atoms with Crippen LogP contribution in [0, 0.1) is 0 Å². The molecule has 3 rings (SSSR count). The van der Waals surface area contributed by atoms with Gasteiger partial charge in [-0.05, 0) is 18.4 Å². The smallest absolute Gasteiger partial charge is 0.325 e. The molecular formula is C13H14N4O3S. The minimum atomic E-state index is -1.03. The molecule has 3 heterocycles. The molecule has 7 nitrogen and oxygen atoms in total. The second-order valence-corrected chi connectivity index (χ2v) is 5.83. The first-order valence-electron chi connectivity index (χ1n) is 6.54. The van der Waals surface area contributed by atoms with Gasteiger partial charge in [0.15, 0.2) is 11.4 Å². The monoisotopic (exact) mass is 306 g/mol. The van der Waals surface area contributed by atoms with E-state index in [9.17, 15) is 9.59 Å². The molecule has 2 aromatic heterocycles. The van der Waals surface area contributed by atoms with E-state index in [2.05, 4.69) is 15.5 Å². The first-order chi connectivity index (χ1) is 10.0. The Morgan fingerprint density at radius 3 is 2.90 bits per heavy atom. The summed E-state index contributed by atoms with van der Waals surface area (Å²) in [7, 11) is 0. The molecule has 1 atom stereocenters. The van der Waals surface area contributed by atoms with Crippen LogP contribution in [0.5, 0.6) is 0 Å². The number of nitrogens with one attached hydrogen (secondary N) is 1. The van der Waals surface area contributed by atoms with Crippen LogP contribution in [0.4, 0.5) is 4.79 Å². The minimum Gasteiger partial charge on any atom is -0.337 e. The zero-order valence-electron chi connectivity index (χ0n) is 11.6. The fourth-order valence-corrected chi connectivity index (χ4v) is 3.04. The van der Waals surface area contributed by atoms with E-state index < -0.39 is 11.6 Å². The standard InChI is InChI=1S/C13H14N4O3S/c1-3-9-14-10(20-16-9)7-17-11(18)13(2,15-12(17)19)8-5-4-6-21-8/h4-6H,3,7H2,1-2H3,(H,15,19). The van der Waals surface area contributed by atoms with E-state index in [0.29, 0.717) is 12.2 Å². The maximum atomic E-state index is 12.6. The van der Waals surface area contributed by atoms with Gasteiger partial charge in [0, 0.05) is 11.3 Å². The van der Waals surface area contributed by atoms with E-state index in [1.807, 2.05) is 24.4 Å². The summed E-state index contributed by atoms with van der Waals surface area (Å²) >= 11 is 1.43. The molecule has 1 aliphatic heterocycles. The fraction of sp³-hybridized carbons (Fsp3) is 0.385. The Morgan fingerprint density at radius 2 is 2.29 bits per heavy atom. The Labute approximate surface area is 124 Å². The number of hydrogen-bond donors (Lipinski definition) is 1. The normalized spacial score (nSPS) is 21.9. The molecule has 3 amide bonds. The van der Waals surface area contributed by atoms with Crippen molar-refractivity contribution in [1.29, 1.82) is 0 Å². The highest BCUT2D eigenvalue weighted by Crippen LogP contribution is 2.32. The van der Waals surface area contributed by atoms with Crippen molar-refractivity contribution in [3.05, 3.63) is 34.1 Å². The zero-order chi connectivity index (χ0) is 15.0. The molecule has 1 N–H and O–H groups in total. The van der Waals surface area contributed by atoms with Gasteiger partial charge in [-0.2, -0.15) is 4.98 Å². The first-order valence-corrected chi connectivity index (χ1v) is 7.42. The highest BCUT2D eigenvalue weighted by molar-refractivity contribution is 7.10. The molecule has 0 bridgehead atoms. The van der Waals surface area contributed by atoms with Crippen LogP contribution in [0.15, 0.2) is 22.0 Å². The topological polar surface area (TPSA) is 88.3 Å². The SMILES string of the molecule is CCc1noc(CN2C(=O)NC(C)(c3cccs3)C2=O)n1. The predicted octanol–water partition coefficient (Wildman–Crippen LogP) is 1.66. The molecule has 1 fully saturated rings. The maximum Gasteiger partial charge on any atom is 0.325 e. The Morgan fingerprint density at radius 1 is 1.48 bits per heavy atom. The number of rotatable bonds is 4. The van der Waals surface area contributed by atoms with E-state index >= 15 is 0 Å². The van der Waals surface area contributed by atoms with Gasteiger partial charge in [-0.15, -0.1) is 11.3 Å². The Balaban J connectivity index is 1.84. The van der Waals surface area contributed by atoms with Gasteiger partial charge in [0.05, 0.1) is 0 Å². The fourth-order valence-electron chi connectivity index (χ4n) is 2.20. The molecule has 21 heavy (non-hydrogen) atoms. The van der Waals surface area contributed by atoms with Crippen molar-refractivity contribution in [1.82, 2.24) is 20.4 Å². The first kappa shape index (κ1) is 13.7. The molecule has 1 unspecified atom stereocenters. The molecule has 0 spiro atoms. The third-order valence-corrected chi connectivity index (χ3v) is 4.50. The largest absolute Gasteiger partial charge is 0.337 e. The van der Waals surface area contributed by atoms with Crippen molar-refractivity contribution in [3.63, 3.8) is 0 Å². The van der Waals surface area contributed by atoms with Crippen LogP contribution >= 0.6 is 11.3 Å². The quantitative estimate of drug-likeness (QED) is 0.868. The number of thiophene rings is 1.